The Morgan fingerprint density at radius 2 is 2.06 bits per heavy atom. The lowest BCUT2D eigenvalue weighted by Crippen LogP contribution is -2.08. The van der Waals surface area contributed by atoms with E-state index in [1.165, 1.54) is 0 Å². The summed E-state index contributed by atoms with van der Waals surface area (Å²) in [5, 5.41) is 0. The lowest BCUT2D eigenvalue weighted by Gasteiger charge is -2.13. The maximum Gasteiger partial charge on any atom is 0.124 e. The van der Waals surface area contributed by atoms with Gasteiger partial charge in [0, 0.05) is 29.6 Å². The van der Waals surface area contributed by atoms with Gasteiger partial charge in [-0.05, 0) is 31.5 Å². The molecule has 1 aromatic heterocycles. The van der Waals surface area contributed by atoms with Crippen LogP contribution in [-0.4, -0.2) is 4.98 Å². The summed E-state index contributed by atoms with van der Waals surface area (Å²) in [7, 11) is 0. The van der Waals surface area contributed by atoms with Crippen LogP contribution in [0.15, 0.2) is 42.7 Å². The number of benzene rings is 1. The van der Waals surface area contributed by atoms with E-state index in [0.717, 1.165) is 22.4 Å². The molecule has 0 spiro atoms. The van der Waals surface area contributed by atoms with Crippen LogP contribution in [0.5, 0.6) is 5.75 Å². The number of nitrogens with two attached hydrogens (primary N) is 1. The van der Waals surface area contributed by atoms with Crippen molar-refractivity contribution in [3.05, 3.63) is 59.4 Å². The van der Waals surface area contributed by atoms with Gasteiger partial charge < -0.3 is 10.5 Å². The highest BCUT2D eigenvalue weighted by molar-refractivity contribution is 5.35. The molecule has 1 heterocycles. The molecule has 0 fully saturated rings. The first-order valence-corrected chi connectivity index (χ1v) is 6.04. The quantitative estimate of drug-likeness (QED) is 0.896. The van der Waals surface area contributed by atoms with Gasteiger partial charge in [0.15, 0.2) is 0 Å². The summed E-state index contributed by atoms with van der Waals surface area (Å²) in [6, 6.07) is 9.91. The van der Waals surface area contributed by atoms with E-state index in [0.29, 0.717) is 6.61 Å². The molecule has 1 aromatic carbocycles. The van der Waals surface area contributed by atoms with Gasteiger partial charge in [0.05, 0.1) is 0 Å². The first-order valence-electron chi connectivity index (χ1n) is 6.04. The number of nitrogens with zero attached hydrogens (tertiary/aromatic N) is 1. The number of ether oxygens (including phenoxy) is 1. The van der Waals surface area contributed by atoms with Crippen LogP contribution in [0.1, 0.15) is 29.7 Å². The minimum Gasteiger partial charge on any atom is -0.489 e. The number of pyridine rings is 1. The van der Waals surface area contributed by atoms with Crippen LogP contribution in [0, 0.1) is 6.92 Å². The molecule has 94 valence electrons. The number of aromatic nitrogens is 1. The molecule has 0 unspecified atom stereocenters. The minimum absolute atomic E-state index is 0.0307. The summed E-state index contributed by atoms with van der Waals surface area (Å²) < 4.78 is 5.82. The highest BCUT2D eigenvalue weighted by Crippen LogP contribution is 2.24. The summed E-state index contributed by atoms with van der Waals surface area (Å²) in [6.07, 6.45) is 3.65. The SMILES string of the molecule is Cc1cncc(COc2ccccc2[C@@H](C)N)c1. The van der Waals surface area contributed by atoms with Crippen molar-refractivity contribution in [3.8, 4) is 5.75 Å². The summed E-state index contributed by atoms with van der Waals surface area (Å²) >= 11 is 0. The minimum atomic E-state index is -0.0307. The van der Waals surface area contributed by atoms with E-state index in [2.05, 4.69) is 11.1 Å². The van der Waals surface area contributed by atoms with E-state index in [-0.39, 0.29) is 6.04 Å². The summed E-state index contributed by atoms with van der Waals surface area (Å²) in [5.41, 5.74) is 9.14. The Balaban J connectivity index is 2.11. The number of hydrogen-bond acceptors (Lipinski definition) is 3. The Morgan fingerprint density at radius 3 is 2.78 bits per heavy atom. The standard InChI is InChI=1S/C15H18N2O/c1-11-7-13(9-17-8-11)10-18-15-6-4-3-5-14(15)12(2)16/h3-9,12H,10,16H2,1-2H3/t12-/m1/s1. The zero-order valence-corrected chi connectivity index (χ0v) is 10.8. The molecule has 2 N–H and O–H groups in total. The Hall–Kier alpha value is -1.87. The molecule has 0 amide bonds. The third kappa shape index (κ3) is 3.08. The third-order valence-electron chi connectivity index (χ3n) is 2.74. The van der Waals surface area contributed by atoms with E-state index in [1.54, 1.807) is 0 Å². The van der Waals surface area contributed by atoms with E-state index < -0.39 is 0 Å². The Bertz CT molecular complexity index is 523. The molecule has 0 saturated carbocycles. The molecule has 2 rings (SSSR count). The van der Waals surface area contributed by atoms with E-state index in [9.17, 15) is 0 Å². The van der Waals surface area contributed by atoms with E-state index in [4.69, 9.17) is 10.5 Å². The lowest BCUT2D eigenvalue weighted by atomic mass is 10.1. The fourth-order valence-electron chi connectivity index (χ4n) is 1.85. The van der Waals surface area contributed by atoms with Gasteiger partial charge in [-0.25, -0.2) is 0 Å². The zero-order valence-electron chi connectivity index (χ0n) is 10.8. The molecule has 2 aromatic rings. The smallest absolute Gasteiger partial charge is 0.124 e. The Morgan fingerprint density at radius 1 is 1.28 bits per heavy atom. The first-order chi connectivity index (χ1) is 8.66. The second-order valence-corrected chi connectivity index (χ2v) is 4.49. The van der Waals surface area contributed by atoms with Crippen molar-refractivity contribution in [2.45, 2.75) is 26.5 Å². The summed E-state index contributed by atoms with van der Waals surface area (Å²) in [5.74, 6) is 0.842. The molecule has 3 nitrogen and oxygen atoms in total. The van der Waals surface area contributed by atoms with Crippen molar-refractivity contribution < 1.29 is 4.74 Å². The van der Waals surface area contributed by atoms with Crippen molar-refractivity contribution in [1.82, 2.24) is 4.98 Å². The van der Waals surface area contributed by atoms with Crippen LogP contribution in [0.3, 0.4) is 0 Å². The van der Waals surface area contributed by atoms with Crippen LogP contribution in [0.4, 0.5) is 0 Å². The highest BCUT2D eigenvalue weighted by Gasteiger charge is 2.07. The van der Waals surface area contributed by atoms with Crippen LogP contribution in [0.25, 0.3) is 0 Å². The molecule has 0 bridgehead atoms. The molecule has 0 aliphatic heterocycles. The molecule has 0 radical (unpaired) electrons. The van der Waals surface area contributed by atoms with Gasteiger partial charge in [-0.1, -0.05) is 18.2 Å². The maximum atomic E-state index is 5.92. The van der Waals surface area contributed by atoms with Gasteiger partial charge in [0.1, 0.15) is 12.4 Å². The Labute approximate surface area is 108 Å². The molecule has 0 aliphatic rings. The maximum absolute atomic E-state index is 5.92. The molecule has 0 saturated heterocycles. The van der Waals surface area contributed by atoms with Crippen LogP contribution in [-0.2, 0) is 6.61 Å². The van der Waals surface area contributed by atoms with Gasteiger partial charge in [0.2, 0.25) is 0 Å². The second-order valence-electron chi connectivity index (χ2n) is 4.49. The average Bonchev–Trinajstić information content (AvgIpc) is 2.37. The largest absolute Gasteiger partial charge is 0.489 e. The molecule has 0 aliphatic carbocycles. The van der Waals surface area contributed by atoms with Gasteiger partial charge >= 0.3 is 0 Å². The number of rotatable bonds is 4. The number of para-hydroxylation sites is 1. The van der Waals surface area contributed by atoms with Crippen molar-refractivity contribution >= 4 is 0 Å². The first kappa shape index (κ1) is 12.6. The molecule has 1 atom stereocenters. The molecule has 18 heavy (non-hydrogen) atoms. The average molecular weight is 242 g/mol. The highest BCUT2D eigenvalue weighted by atomic mass is 16.5. The lowest BCUT2D eigenvalue weighted by molar-refractivity contribution is 0.301. The zero-order chi connectivity index (χ0) is 13.0. The van der Waals surface area contributed by atoms with Crippen molar-refractivity contribution in [2.24, 2.45) is 5.73 Å². The van der Waals surface area contributed by atoms with E-state index >= 15 is 0 Å². The predicted octanol–water partition coefficient (Wildman–Crippen LogP) is 2.99. The fourth-order valence-corrected chi connectivity index (χ4v) is 1.85. The molecular formula is C15H18N2O. The van der Waals surface area contributed by atoms with Crippen molar-refractivity contribution in [1.29, 1.82) is 0 Å². The van der Waals surface area contributed by atoms with Crippen LogP contribution in [0.2, 0.25) is 0 Å². The summed E-state index contributed by atoms with van der Waals surface area (Å²) in [4.78, 5) is 4.15. The topological polar surface area (TPSA) is 48.1 Å². The van der Waals surface area contributed by atoms with E-state index in [1.807, 2.05) is 50.5 Å². The monoisotopic (exact) mass is 242 g/mol. The third-order valence-corrected chi connectivity index (χ3v) is 2.74. The van der Waals surface area contributed by atoms with Gasteiger partial charge in [-0.15, -0.1) is 0 Å². The molecule has 3 heteroatoms. The van der Waals surface area contributed by atoms with Crippen LogP contribution < -0.4 is 10.5 Å². The van der Waals surface area contributed by atoms with Crippen LogP contribution >= 0.6 is 0 Å². The number of hydrogen-bond donors (Lipinski definition) is 1. The fraction of sp³-hybridized carbons (Fsp3) is 0.267. The van der Waals surface area contributed by atoms with Crippen molar-refractivity contribution in [3.63, 3.8) is 0 Å². The summed E-state index contributed by atoms with van der Waals surface area (Å²) in [6.45, 7) is 4.49. The molecular weight excluding hydrogens is 224 g/mol. The predicted molar refractivity (Wildman–Crippen MR) is 72.4 cm³/mol. The van der Waals surface area contributed by atoms with Gasteiger partial charge in [-0.2, -0.15) is 0 Å². The van der Waals surface area contributed by atoms with Gasteiger partial charge in [-0.3, -0.25) is 4.98 Å². The second kappa shape index (κ2) is 5.65. The van der Waals surface area contributed by atoms with Crippen molar-refractivity contribution in [2.75, 3.05) is 0 Å². The van der Waals surface area contributed by atoms with Gasteiger partial charge in [0.25, 0.3) is 0 Å². The normalized spacial score (nSPS) is 12.2. The Kier molecular flexibility index (Phi) is 3.95. The number of aryl methyl sites for hydroxylation is 1.